The minimum Gasteiger partial charge on any atom is -0.325 e. The third-order valence-corrected chi connectivity index (χ3v) is 4.90. The molecule has 3 heteroatoms. The number of nitrogens with zero attached hydrogens (tertiary/aromatic N) is 2. The lowest BCUT2D eigenvalue weighted by molar-refractivity contribution is 0.959. The van der Waals surface area contributed by atoms with Gasteiger partial charge in [-0.1, -0.05) is 65.2 Å². The van der Waals surface area contributed by atoms with E-state index in [0.29, 0.717) is 0 Å². The molecule has 0 radical (unpaired) electrons. The maximum Gasteiger partial charge on any atom is 0.212 e. The van der Waals surface area contributed by atoms with Crippen LogP contribution in [0.3, 0.4) is 0 Å². The van der Waals surface area contributed by atoms with Crippen LogP contribution in [-0.2, 0) is 6.42 Å². The van der Waals surface area contributed by atoms with Gasteiger partial charge in [0.25, 0.3) is 0 Å². The molecule has 1 aromatic heterocycles. The van der Waals surface area contributed by atoms with Gasteiger partial charge >= 0.3 is 0 Å². The summed E-state index contributed by atoms with van der Waals surface area (Å²) in [6, 6.07) is 25.6. The number of imidazole rings is 1. The predicted octanol–water partition coefficient (Wildman–Crippen LogP) is 6.13. The molecule has 0 saturated carbocycles. The third-order valence-electron chi connectivity index (χ3n) is 4.90. The largest absolute Gasteiger partial charge is 0.325 e. The molecule has 0 saturated heterocycles. The number of aryl methyl sites for hydroxylation is 3. The molecule has 0 aliphatic rings. The molecule has 28 heavy (non-hydrogen) atoms. The van der Waals surface area contributed by atoms with Crippen molar-refractivity contribution in [1.29, 1.82) is 0 Å². The van der Waals surface area contributed by atoms with Crippen LogP contribution in [0.4, 0.5) is 11.6 Å². The van der Waals surface area contributed by atoms with Crippen molar-refractivity contribution >= 4 is 11.6 Å². The van der Waals surface area contributed by atoms with Crippen molar-refractivity contribution in [3.8, 4) is 5.69 Å². The second-order valence-corrected chi connectivity index (χ2v) is 7.40. The Hall–Kier alpha value is -3.33. The van der Waals surface area contributed by atoms with Crippen molar-refractivity contribution in [2.45, 2.75) is 27.2 Å². The topological polar surface area (TPSA) is 29.9 Å². The molecule has 0 spiro atoms. The van der Waals surface area contributed by atoms with Crippen LogP contribution in [0, 0.1) is 20.8 Å². The van der Waals surface area contributed by atoms with Gasteiger partial charge in [-0.3, -0.25) is 4.57 Å². The highest BCUT2D eigenvalue weighted by Crippen LogP contribution is 2.24. The van der Waals surface area contributed by atoms with E-state index >= 15 is 0 Å². The van der Waals surface area contributed by atoms with Gasteiger partial charge in [0.2, 0.25) is 5.95 Å². The van der Waals surface area contributed by atoms with Crippen molar-refractivity contribution in [3.63, 3.8) is 0 Å². The normalized spacial score (nSPS) is 10.8. The Kier molecular flexibility index (Phi) is 4.98. The molecule has 140 valence electrons. The number of hydrogen-bond acceptors (Lipinski definition) is 2. The highest BCUT2D eigenvalue weighted by molar-refractivity contribution is 5.57. The molecular weight excluding hydrogens is 342 g/mol. The SMILES string of the molecule is Cc1ccc(Nc2ncc(Cc3cccc(C)c3)n2-c2ccc(C)cc2)cc1. The van der Waals surface area contributed by atoms with Crippen LogP contribution in [0.5, 0.6) is 0 Å². The van der Waals surface area contributed by atoms with Crippen molar-refractivity contribution in [2.24, 2.45) is 0 Å². The summed E-state index contributed by atoms with van der Waals surface area (Å²) in [4.78, 5) is 4.70. The number of anilines is 2. The Labute approximate surface area is 166 Å². The Morgan fingerprint density at radius 1 is 0.786 bits per heavy atom. The summed E-state index contributed by atoms with van der Waals surface area (Å²) in [6.07, 6.45) is 2.80. The highest BCUT2D eigenvalue weighted by Gasteiger charge is 2.13. The molecule has 0 amide bonds. The van der Waals surface area contributed by atoms with Gasteiger partial charge in [-0.25, -0.2) is 4.98 Å². The number of rotatable bonds is 5. The standard InChI is InChI=1S/C25H25N3/c1-18-7-11-22(12-8-18)27-25-26-17-24(16-21-6-4-5-20(3)15-21)28(25)23-13-9-19(2)10-14-23/h4-15,17H,16H2,1-3H3,(H,26,27). The number of aromatic nitrogens is 2. The Morgan fingerprint density at radius 2 is 1.46 bits per heavy atom. The van der Waals surface area contributed by atoms with Crippen LogP contribution in [0.25, 0.3) is 5.69 Å². The van der Waals surface area contributed by atoms with E-state index in [2.05, 4.69) is 103 Å². The lowest BCUT2D eigenvalue weighted by Crippen LogP contribution is -2.06. The van der Waals surface area contributed by atoms with Crippen LogP contribution in [0.2, 0.25) is 0 Å². The first-order chi connectivity index (χ1) is 13.6. The summed E-state index contributed by atoms with van der Waals surface area (Å²) in [7, 11) is 0. The quantitative estimate of drug-likeness (QED) is 0.460. The van der Waals surface area contributed by atoms with E-state index in [1.807, 2.05) is 6.20 Å². The summed E-state index contributed by atoms with van der Waals surface area (Å²) < 4.78 is 2.21. The first-order valence-electron chi connectivity index (χ1n) is 9.61. The molecule has 4 rings (SSSR count). The van der Waals surface area contributed by atoms with Crippen LogP contribution in [0.1, 0.15) is 27.9 Å². The van der Waals surface area contributed by atoms with Crippen LogP contribution in [-0.4, -0.2) is 9.55 Å². The Balaban J connectivity index is 1.74. The fourth-order valence-corrected chi connectivity index (χ4v) is 3.38. The molecule has 3 aromatic carbocycles. The monoisotopic (exact) mass is 367 g/mol. The third kappa shape index (κ3) is 3.99. The summed E-state index contributed by atoms with van der Waals surface area (Å²) in [5.41, 5.74) is 8.35. The average molecular weight is 367 g/mol. The zero-order valence-electron chi connectivity index (χ0n) is 16.6. The van der Waals surface area contributed by atoms with E-state index in [4.69, 9.17) is 4.98 Å². The van der Waals surface area contributed by atoms with Gasteiger partial charge in [-0.05, 0) is 50.6 Å². The van der Waals surface area contributed by atoms with Gasteiger partial charge in [-0.15, -0.1) is 0 Å². The molecule has 1 heterocycles. The maximum atomic E-state index is 4.70. The summed E-state index contributed by atoms with van der Waals surface area (Å²) in [5, 5.41) is 3.48. The van der Waals surface area contributed by atoms with E-state index < -0.39 is 0 Å². The fourth-order valence-electron chi connectivity index (χ4n) is 3.38. The van der Waals surface area contributed by atoms with Gasteiger partial charge in [0.05, 0.1) is 6.20 Å². The van der Waals surface area contributed by atoms with E-state index in [-0.39, 0.29) is 0 Å². The molecule has 0 aliphatic carbocycles. The molecule has 1 N–H and O–H groups in total. The van der Waals surface area contributed by atoms with E-state index in [1.54, 1.807) is 0 Å². The maximum absolute atomic E-state index is 4.70. The van der Waals surface area contributed by atoms with Crippen molar-refractivity contribution in [3.05, 3.63) is 107 Å². The van der Waals surface area contributed by atoms with Crippen LogP contribution in [0.15, 0.2) is 79.0 Å². The molecule has 4 aromatic rings. The lowest BCUT2D eigenvalue weighted by atomic mass is 10.1. The van der Waals surface area contributed by atoms with Crippen molar-refractivity contribution in [2.75, 3.05) is 5.32 Å². The number of nitrogens with one attached hydrogen (secondary N) is 1. The van der Waals surface area contributed by atoms with Crippen molar-refractivity contribution < 1.29 is 0 Å². The molecule has 0 bridgehead atoms. The van der Waals surface area contributed by atoms with Crippen LogP contribution >= 0.6 is 0 Å². The minimum atomic E-state index is 0.829. The zero-order valence-corrected chi connectivity index (χ0v) is 16.6. The van der Waals surface area contributed by atoms with E-state index in [0.717, 1.165) is 29.4 Å². The van der Waals surface area contributed by atoms with Crippen LogP contribution < -0.4 is 5.32 Å². The first kappa shape index (κ1) is 18.1. The van der Waals surface area contributed by atoms with E-state index in [1.165, 1.54) is 22.3 Å². The molecule has 0 fully saturated rings. The predicted molar refractivity (Wildman–Crippen MR) is 117 cm³/mol. The van der Waals surface area contributed by atoms with E-state index in [9.17, 15) is 0 Å². The fraction of sp³-hybridized carbons (Fsp3) is 0.160. The summed E-state index contributed by atoms with van der Waals surface area (Å²) in [5.74, 6) is 0.829. The second kappa shape index (κ2) is 7.73. The van der Waals surface area contributed by atoms with Gasteiger partial charge in [-0.2, -0.15) is 0 Å². The van der Waals surface area contributed by atoms with Gasteiger partial charge in [0, 0.05) is 23.5 Å². The Morgan fingerprint density at radius 3 is 2.14 bits per heavy atom. The van der Waals surface area contributed by atoms with Gasteiger partial charge < -0.3 is 5.32 Å². The molecule has 0 aliphatic heterocycles. The highest BCUT2D eigenvalue weighted by atomic mass is 15.2. The molecule has 0 unspecified atom stereocenters. The zero-order chi connectivity index (χ0) is 19.5. The molecule has 0 atom stereocenters. The molecular formula is C25H25N3. The molecule has 3 nitrogen and oxygen atoms in total. The lowest BCUT2D eigenvalue weighted by Gasteiger charge is -2.14. The van der Waals surface area contributed by atoms with Gasteiger partial charge in [0.15, 0.2) is 0 Å². The summed E-state index contributed by atoms with van der Waals surface area (Å²) >= 11 is 0. The smallest absolute Gasteiger partial charge is 0.212 e. The number of benzene rings is 3. The Bertz CT molecular complexity index is 1070. The second-order valence-electron chi connectivity index (χ2n) is 7.40. The van der Waals surface area contributed by atoms with Gasteiger partial charge in [0.1, 0.15) is 0 Å². The minimum absolute atomic E-state index is 0.829. The first-order valence-corrected chi connectivity index (χ1v) is 9.61. The average Bonchev–Trinajstić information content (AvgIpc) is 3.06. The van der Waals surface area contributed by atoms with Crippen molar-refractivity contribution in [1.82, 2.24) is 9.55 Å². The number of hydrogen-bond donors (Lipinski definition) is 1. The summed E-state index contributed by atoms with van der Waals surface area (Å²) in [6.45, 7) is 6.33.